The van der Waals surface area contributed by atoms with E-state index in [0.717, 1.165) is 8.04 Å². The maximum Gasteiger partial charge on any atom is 0.255 e. The monoisotopic (exact) mass is 470 g/mol. The van der Waals surface area contributed by atoms with Crippen LogP contribution in [-0.2, 0) is 4.74 Å². The summed E-state index contributed by atoms with van der Waals surface area (Å²) in [5.74, 6) is -0.0380. The fourth-order valence-corrected chi connectivity index (χ4v) is 2.61. The highest BCUT2D eigenvalue weighted by Gasteiger charge is 2.18. The topological polar surface area (TPSA) is 55.6 Å². The zero-order valence-electron chi connectivity index (χ0n) is 11.1. The summed E-state index contributed by atoms with van der Waals surface area (Å²) in [6.45, 7) is 1.49. The third-order valence-electron chi connectivity index (χ3n) is 2.64. The van der Waals surface area contributed by atoms with E-state index < -0.39 is 0 Å². The molecule has 7 heteroatoms. The van der Waals surface area contributed by atoms with Gasteiger partial charge >= 0.3 is 0 Å². The van der Waals surface area contributed by atoms with Crippen LogP contribution in [0.15, 0.2) is 22.7 Å². The zero-order valence-corrected chi connectivity index (χ0v) is 15.6. The summed E-state index contributed by atoms with van der Waals surface area (Å²) >= 11 is 10.4. The van der Waals surface area contributed by atoms with Crippen LogP contribution >= 0.6 is 50.7 Å². The Labute approximate surface area is 146 Å². The molecule has 0 spiro atoms. The summed E-state index contributed by atoms with van der Waals surface area (Å²) in [5, 5.41) is 0. The molecule has 1 rings (SSSR count). The number of ether oxygens (including phenoxy) is 1. The molecular weight excluding hydrogens is 455 g/mol. The minimum atomic E-state index is -0.0380. The lowest BCUT2D eigenvalue weighted by Gasteiger charge is -2.23. The Kier molecular flexibility index (Phi) is 7.93. The van der Waals surface area contributed by atoms with Gasteiger partial charge in [-0.15, -0.1) is 0 Å². The van der Waals surface area contributed by atoms with Crippen LogP contribution in [0.1, 0.15) is 16.8 Å². The molecule has 0 aliphatic heterocycles. The van der Waals surface area contributed by atoms with Crippen LogP contribution < -0.4 is 5.73 Å². The van der Waals surface area contributed by atoms with Crippen molar-refractivity contribution in [1.82, 2.24) is 4.90 Å². The van der Waals surface area contributed by atoms with Gasteiger partial charge in [0.25, 0.3) is 5.91 Å². The molecule has 0 unspecified atom stereocenters. The molecule has 110 valence electrons. The van der Waals surface area contributed by atoms with Gasteiger partial charge in [-0.1, -0.05) is 28.1 Å². The van der Waals surface area contributed by atoms with Crippen molar-refractivity contribution in [3.8, 4) is 0 Å². The van der Waals surface area contributed by atoms with E-state index in [4.69, 9.17) is 22.7 Å². The molecule has 4 nitrogen and oxygen atoms in total. The van der Waals surface area contributed by atoms with Crippen molar-refractivity contribution in [3.05, 3.63) is 31.8 Å². The van der Waals surface area contributed by atoms with Gasteiger partial charge in [0.15, 0.2) is 0 Å². The molecule has 0 fully saturated rings. The Morgan fingerprint density at radius 1 is 1.50 bits per heavy atom. The molecule has 0 aliphatic carbocycles. The number of methoxy groups -OCH3 is 1. The molecule has 0 atom stereocenters. The number of amides is 1. The number of halogens is 2. The molecule has 0 saturated carbocycles. The lowest BCUT2D eigenvalue weighted by atomic mass is 10.2. The second kappa shape index (κ2) is 8.91. The van der Waals surface area contributed by atoms with E-state index >= 15 is 0 Å². The van der Waals surface area contributed by atoms with Gasteiger partial charge in [-0.2, -0.15) is 0 Å². The predicted molar refractivity (Wildman–Crippen MR) is 96.0 cm³/mol. The Morgan fingerprint density at radius 2 is 2.20 bits per heavy atom. The first-order valence-corrected chi connectivity index (χ1v) is 8.25. The summed E-state index contributed by atoms with van der Waals surface area (Å²) in [5.41, 5.74) is 6.18. The predicted octanol–water partition coefficient (Wildman–Crippen LogP) is 2.82. The summed E-state index contributed by atoms with van der Waals surface area (Å²) < 4.78 is 6.84. The first-order chi connectivity index (χ1) is 9.45. The first kappa shape index (κ1) is 17.8. The van der Waals surface area contributed by atoms with Gasteiger partial charge in [0.2, 0.25) is 0 Å². The average molecular weight is 471 g/mol. The molecule has 0 heterocycles. The lowest BCUT2D eigenvalue weighted by Crippen LogP contribution is -2.36. The maximum atomic E-state index is 12.6. The SMILES string of the molecule is COCCN(CCC(N)=S)C(=O)c1cc(Br)ccc1I. The van der Waals surface area contributed by atoms with E-state index in [-0.39, 0.29) is 5.91 Å². The third kappa shape index (κ3) is 5.63. The molecule has 20 heavy (non-hydrogen) atoms. The standard InChI is InChI=1S/C13H16BrIN2O2S/c1-19-7-6-17(5-4-12(16)20)13(18)10-8-9(14)2-3-11(10)15/h2-3,8H,4-7H2,1H3,(H2,16,20). The zero-order chi connectivity index (χ0) is 15.1. The normalized spacial score (nSPS) is 10.3. The molecule has 2 N–H and O–H groups in total. The Bertz CT molecular complexity index is 499. The van der Waals surface area contributed by atoms with Gasteiger partial charge in [0, 0.05) is 34.7 Å². The second-order valence-corrected chi connectivity index (χ2v) is 6.73. The van der Waals surface area contributed by atoms with Crippen molar-refractivity contribution >= 4 is 61.6 Å². The summed E-state index contributed by atoms with van der Waals surface area (Å²) in [6.07, 6.45) is 0.509. The number of thiocarbonyl (C=S) groups is 1. The largest absolute Gasteiger partial charge is 0.393 e. The molecule has 0 saturated heterocycles. The molecule has 1 aromatic carbocycles. The van der Waals surface area contributed by atoms with Crippen molar-refractivity contribution in [3.63, 3.8) is 0 Å². The van der Waals surface area contributed by atoms with Crippen molar-refractivity contribution < 1.29 is 9.53 Å². The van der Waals surface area contributed by atoms with Gasteiger partial charge < -0.3 is 15.4 Å². The van der Waals surface area contributed by atoms with Crippen LogP contribution in [0.2, 0.25) is 0 Å². The highest BCUT2D eigenvalue weighted by atomic mass is 127. The number of nitrogens with zero attached hydrogens (tertiary/aromatic N) is 1. The van der Waals surface area contributed by atoms with E-state index in [0.29, 0.717) is 36.7 Å². The van der Waals surface area contributed by atoms with Crippen molar-refractivity contribution in [2.45, 2.75) is 6.42 Å². The lowest BCUT2D eigenvalue weighted by molar-refractivity contribution is 0.0700. The van der Waals surface area contributed by atoms with Crippen molar-refractivity contribution in [2.24, 2.45) is 5.73 Å². The van der Waals surface area contributed by atoms with Crippen molar-refractivity contribution in [1.29, 1.82) is 0 Å². The summed E-state index contributed by atoms with van der Waals surface area (Å²) in [4.78, 5) is 14.7. The van der Waals surface area contributed by atoms with Gasteiger partial charge in [-0.25, -0.2) is 0 Å². The maximum absolute atomic E-state index is 12.6. The molecule has 0 radical (unpaired) electrons. The fourth-order valence-electron chi connectivity index (χ4n) is 1.59. The van der Waals surface area contributed by atoms with Crippen LogP contribution in [0, 0.1) is 3.57 Å². The fraction of sp³-hybridized carbons (Fsp3) is 0.385. The molecule has 0 aromatic heterocycles. The quantitative estimate of drug-likeness (QED) is 0.491. The number of carbonyl (C=O) groups excluding carboxylic acids is 1. The van der Waals surface area contributed by atoms with Crippen LogP contribution in [0.3, 0.4) is 0 Å². The molecule has 0 aliphatic rings. The number of hydrogen-bond donors (Lipinski definition) is 1. The molecule has 1 aromatic rings. The number of nitrogens with two attached hydrogens (primary N) is 1. The Hall–Kier alpha value is -0.250. The number of carbonyl (C=O) groups is 1. The van der Waals surface area contributed by atoms with Gasteiger partial charge in [0.05, 0.1) is 17.2 Å². The second-order valence-electron chi connectivity index (χ2n) is 4.13. The minimum absolute atomic E-state index is 0.0380. The van der Waals surface area contributed by atoms with Crippen molar-refractivity contribution in [2.75, 3.05) is 26.8 Å². The average Bonchev–Trinajstić information content (AvgIpc) is 2.40. The van der Waals surface area contributed by atoms with Crippen LogP contribution in [0.25, 0.3) is 0 Å². The van der Waals surface area contributed by atoms with Crippen LogP contribution in [0.5, 0.6) is 0 Å². The third-order valence-corrected chi connectivity index (χ3v) is 4.28. The van der Waals surface area contributed by atoms with E-state index in [1.807, 2.05) is 18.2 Å². The highest BCUT2D eigenvalue weighted by Crippen LogP contribution is 2.20. The van der Waals surface area contributed by atoms with Gasteiger partial charge in [-0.05, 0) is 40.8 Å². The number of rotatable bonds is 7. The molecule has 0 bridgehead atoms. The van der Waals surface area contributed by atoms with Crippen LogP contribution in [-0.4, -0.2) is 42.6 Å². The Morgan fingerprint density at radius 3 is 2.80 bits per heavy atom. The summed E-state index contributed by atoms with van der Waals surface area (Å²) in [6, 6.07) is 5.64. The Balaban J connectivity index is 2.90. The molecule has 1 amide bonds. The number of hydrogen-bond acceptors (Lipinski definition) is 3. The molecular formula is C13H16BrIN2O2S. The minimum Gasteiger partial charge on any atom is -0.393 e. The van der Waals surface area contributed by atoms with Gasteiger partial charge in [-0.3, -0.25) is 4.79 Å². The van der Waals surface area contributed by atoms with Crippen LogP contribution in [0.4, 0.5) is 0 Å². The summed E-state index contributed by atoms with van der Waals surface area (Å²) in [7, 11) is 1.61. The highest BCUT2D eigenvalue weighted by molar-refractivity contribution is 14.1. The number of benzene rings is 1. The first-order valence-electron chi connectivity index (χ1n) is 5.97. The van der Waals surface area contributed by atoms with E-state index in [9.17, 15) is 4.79 Å². The van der Waals surface area contributed by atoms with Gasteiger partial charge in [0.1, 0.15) is 0 Å². The van der Waals surface area contributed by atoms with E-state index in [1.54, 1.807) is 12.0 Å². The van der Waals surface area contributed by atoms with E-state index in [2.05, 4.69) is 38.5 Å². The van der Waals surface area contributed by atoms with E-state index in [1.165, 1.54) is 0 Å². The smallest absolute Gasteiger partial charge is 0.255 e.